The lowest BCUT2D eigenvalue weighted by atomic mass is 9.89. The summed E-state index contributed by atoms with van der Waals surface area (Å²) in [6.45, 7) is 1.00. The van der Waals surface area contributed by atoms with Crippen LogP contribution in [-0.4, -0.2) is 46.0 Å². The van der Waals surface area contributed by atoms with Gasteiger partial charge in [-0.15, -0.1) is 0 Å². The van der Waals surface area contributed by atoms with Crippen molar-refractivity contribution in [1.82, 2.24) is 0 Å². The Morgan fingerprint density at radius 3 is 2.14 bits per heavy atom. The topological polar surface area (TPSA) is 89.5 Å². The van der Waals surface area contributed by atoms with Crippen LogP contribution in [0.5, 0.6) is 28.7 Å². The van der Waals surface area contributed by atoms with E-state index in [9.17, 15) is 9.59 Å². The summed E-state index contributed by atoms with van der Waals surface area (Å²) in [5, 5.41) is 0. The first-order valence-electron chi connectivity index (χ1n) is 11.4. The molecule has 0 unspecified atom stereocenters. The fourth-order valence-electron chi connectivity index (χ4n) is 4.17. The molecule has 2 heterocycles. The molecule has 0 spiro atoms. The lowest BCUT2D eigenvalue weighted by molar-refractivity contribution is -0.133. The molecule has 0 saturated carbocycles. The van der Waals surface area contributed by atoms with Crippen LogP contribution in [0.1, 0.15) is 21.5 Å². The Morgan fingerprint density at radius 1 is 0.750 bits per heavy atom. The minimum Gasteiger partial charge on any atom is -0.497 e. The Labute approximate surface area is 207 Å². The zero-order valence-corrected chi connectivity index (χ0v) is 19.9. The highest BCUT2D eigenvalue weighted by molar-refractivity contribution is 6.27. The molecule has 0 atom stereocenters. The number of ether oxygens (including phenoxy) is 6. The number of methoxy groups -OCH3 is 2. The van der Waals surface area contributed by atoms with Gasteiger partial charge in [-0.3, -0.25) is 4.79 Å². The summed E-state index contributed by atoms with van der Waals surface area (Å²) in [7, 11) is 2.84. The predicted octanol–water partition coefficient (Wildman–Crippen LogP) is 4.25. The van der Waals surface area contributed by atoms with Crippen molar-refractivity contribution in [1.29, 1.82) is 0 Å². The number of carbonyl (C=O) groups excluding carboxylic acids is 2. The van der Waals surface area contributed by atoms with E-state index in [2.05, 4.69) is 0 Å². The number of benzene rings is 3. The third-order valence-corrected chi connectivity index (χ3v) is 5.97. The zero-order valence-electron chi connectivity index (χ0n) is 19.9. The number of rotatable bonds is 7. The van der Waals surface area contributed by atoms with Gasteiger partial charge >= 0.3 is 5.97 Å². The molecule has 0 aromatic heterocycles. The van der Waals surface area contributed by atoms with Gasteiger partial charge in [0.15, 0.2) is 28.8 Å². The van der Waals surface area contributed by atoms with Crippen LogP contribution in [0.3, 0.4) is 0 Å². The standard InChI is InChI=1S/C28H24O8/c1-31-20-7-4-18(5-8-20)27(29)21(13-17-3-9-22-24(14-17)34-12-11-33-22)26(28(30)32-2)19-6-10-23-25(15-19)36-16-35-23/h3-10,14-15H,11-13,16H2,1-2H3/b26-21-. The van der Waals surface area contributed by atoms with Crippen molar-refractivity contribution in [3.63, 3.8) is 0 Å². The summed E-state index contributed by atoms with van der Waals surface area (Å²) in [5.41, 5.74) is 2.08. The van der Waals surface area contributed by atoms with Gasteiger partial charge in [-0.25, -0.2) is 4.79 Å². The Morgan fingerprint density at radius 2 is 1.39 bits per heavy atom. The fraction of sp³-hybridized carbons (Fsp3) is 0.214. The van der Waals surface area contributed by atoms with Gasteiger partial charge in [0.05, 0.1) is 19.8 Å². The quantitative estimate of drug-likeness (QED) is 0.277. The van der Waals surface area contributed by atoms with Crippen LogP contribution in [0.15, 0.2) is 66.2 Å². The molecule has 5 rings (SSSR count). The molecule has 8 heteroatoms. The van der Waals surface area contributed by atoms with Crippen LogP contribution in [0.4, 0.5) is 0 Å². The molecule has 36 heavy (non-hydrogen) atoms. The van der Waals surface area contributed by atoms with Gasteiger partial charge in [-0.05, 0) is 59.7 Å². The van der Waals surface area contributed by atoms with E-state index >= 15 is 0 Å². The summed E-state index contributed by atoms with van der Waals surface area (Å²) in [4.78, 5) is 27.0. The third kappa shape index (κ3) is 4.57. The number of esters is 1. The number of carbonyl (C=O) groups is 2. The van der Waals surface area contributed by atoms with E-state index < -0.39 is 5.97 Å². The molecule has 0 radical (unpaired) electrons. The zero-order chi connectivity index (χ0) is 25.1. The molecule has 2 aliphatic heterocycles. The second-order valence-corrected chi connectivity index (χ2v) is 8.13. The monoisotopic (exact) mass is 488 g/mol. The summed E-state index contributed by atoms with van der Waals surface area (Å²) in [5.74, 6) is 1.96. The van der Waals surface area contributed by atoms with Gasteiger partial charge < -0.3 is 28.4 Å². The first-order valence-corrected chi connectivity index (χ1v) is 11.4. The minimum absolute atomic E-state index is 0.0882. The smallest absolute Gasteiger partial charge is 0.338 e. The van der Waals surface area contributed by atoms with Gasteiger partial charge in [0.25, 0.3) is 0 Å². The Balaban J connectivity index is 1.65. The van der Waals surface area contributed by atoms with E-state index in [0.29, 0.717) is 53.1 Å². The highest BCUT2D eigenvalue weighted by Crippen LogP contribution is 2.37. The molecule has 3 aromatic carbocycles. The maximum Gasteiger partial charge on any atom is 0.338 e. The Hall–Kier alpha value is -4.46. The largest absolute Gasteiger partial charge is 0.497 e. The van der Waals surface area contributed by atoms with E-state index in [0.717, 1.165) is 5.56 Å². The van der Waals surface area contributed by atoms with Crippen LogP contribution in [0.2, 0.25) is 0 Å². The highest BCUT2D eigenvalue weighted by atomic mass is 16.7. The van der Waals surface area contributed by atoms with Gasteiger partial charge in [-0.1, -0.05) is 12.1 Å². The van der Waals surface area contributed by atoms with Gasteiger partial charge in [0.2, 0.25) is 6.79 Å². The van der Waals surface area contributed by atoms with Crippen LogP contribution in [0.25, 0.3) is 5.57 Å². The molecule has 0 bridgehead atoms. The highest BCUT2D eigenvalue weighted by Gasteiger charge is 2.27. The average molecular weight is 488 g/mol. The summed E-state index contributed by atoms with van der Waals surface area (Å²) < 4.78 is 32.6. The average Bonchev–Trinajstić information content (AvgIpc) is 3.40. The van der Waals surface area contributed by atoms with Crippen LogP contribution < -0.4 is 23.7 Å². The maximum atomic E-state index is 13.9. The van der Waals surface area contributed by atoms with Crippen molar-refractivity contribution in [3.05, 3.63) is 82.9 Å². The second-order valence-electron chi connectivity index (χ2n) is 8.13. The Bertz CT molecular complexity index is 1340. The lowest BCUT2D eigenvalue weighted by Gasteiger charge is -2.20. The Kier molecular flexibility index (Phi) is 6.49. The van der Waals surface area contributed by atoms with Crippen molar-refractivity contribution in [3.8, 4) is 28.7 Å². The molecule has 0 fully saturated rings. The molecule has 0 amide bonds. The summed E-state index contributed by atoms with van der Waals surface area (Å²) in [6, 6.07) is 17.3. The summed E-state index contributed by atoms with van der Waals surface area (Å²) >= 11 is 0. The first-order chi connectivity index (χ1) is 17.6. The molecule has 2 aliphatic rings. The summed E-state index contributed by atoms with van der Waals surface area (Å²) in [6.07, 6.45) is 0.153. The molecule has 8 nitrogen and oxygen atoms in total. The SMILES string of the molecule is COC(=O)/C(=C(/Cc1ccc2c(c1)OCCO2)C(=O)c1ccc(OC)cc1)c1ccc2c(c1)OCO2. The first kappa shape index (κ1) is 23.3. The molecule has 0 aliphatic carbocycles. The van der Waals surface area contributed by atoms with Gasteiger partial charge in [0, 0.05) is 17.6 Å². The van der Waals surface area contributed by atoms with Crippen molar-refractivity contribution in [2.24, 2.45) is 0 Å². The van der Waals surface area contributed by atoms with Gasteiger partial charge in [0.1, 0.15) is 19.0 Å². The van der Waals surface area contributed by atoms with Crippen LogP contribution in [-0.2, 0) is 16.0 Å². The normalized spacial score (nSPS) is 14.1. The molecular formula is C28H24O8. The fourth-order valence-corrected chi connectivity index (χ4v) is 4.17. The number of fused-ring (bicyclic) bond motifs is 2. The number of Topliss-reactive ketones (excluding diaryl/α,β-unsaturated/α-hetero) is 1. The predicted molar refractivity (Wildman–Crippen MR) is 130 cm³/mol. The molecular weight excluding hydrogens is 464 g/mol. The van der Waals surface area contributed by atoms with E-state index in [1.165, 1.54) is 7.11 Å². The van der Waals surface area contributed by atoms with Crippen molar-refractivity contribution in [2.45, 2.75) is 6.42 Å². The van der Waals surface area contributed by atoms with E-state index in [1.54, 1.807) is 55.6 Å². The molecule has 184 valence electrons. The van der Waals surface area contributed by atoms with Crippen LogP contribution in [0, 0.1) is 0 Å². The number of allylic oxidation sites excluding steroid dienone is 1. The van der Waals surface area contributed by atoms with Crippen molar-refractivity contribution in [2.75, 3.05) is 34.2 Å². The van der Waals surface area contributed by atoms with Gasteiger partial charge in [-0.2, -0.15) is 0 Å². The molecule has 3 aromatic rings. The second kappa shape index (κ2) is 10.0. The van der Waals surface area contributed by atoms with Crippen molar-refractivity contribution >= 4 is 17.3 Å². The number of ketones is 1. The third-order valence-electron chi connectivity index (χ3n) is 5.97. The number of hydrogen-bond acceptors (Lipinski definition) is 8. The maximum absolute atomic E-state index is 13.9. The van der Waals surface area contributed by atoms with E-state index in [4.69, 9.17) is 28.4 Å². The van der Waals surface area contributed by atoms with E-state index in [1.807, 2.05) is 12.1 Å². The lowest BCUT2D eigenvalue weighted by Crippen LogP contribution is -2.17. The minimum atomic E-state index is -0.636. The number of hydrogen-bond donors (Lipinski definition) is 0. The van der Waals surface area contributed by atoms with E-state index in [-0.39, 0.29) is 30.1 Å². The molecule has 0 N–H and O–H groups in total. The molecule has 0 saturated heterocycles. The van der Waals surface area contributed by atoms with Crippen molar-refractivity contribution < 1.29 is 38.0 Å². The van der Waals surface area contributed by atoms with Crippen LogP contribution >= 0.6 is 0 Å².